The van der Waals surface area contributed by atoms with E-state index < -0.39 is 0 Å². The highest BCUT2D eigenvalue weighted by Crippen LogP contribution is 2.37. The summed E-state index contributed by atoms with van der Waals surface area (Å²) in [5.74, 6) is 2.51. The Labute approximate surface area is 397 Å². The van der Waals surface area contributed by atoms with Crippen LogP contribution in [0.5, 0.6) is 0 Å². The Morgan fingerprint density at radius 3 is 0.768 bits per heavy atom. The van der Waals surface area contributed by atoms with Crippen molar-refractivity contribution in [3.8, 4) is 84.6 Å². The molecular formula is C60H39N9. The topological polar surface area (TPSA) is 92.1 Å². The van der Waals surface area contributed by atoms with Gasteiger partial charge in [0.2, 0.25) is 0 Å². The van der Waals surface area contributed by atoms with E-state index in [9.17, 15) is 0 Å². The fourth-order valence-corrected chi connectivity index (χ4v) is 9.35. The molecule has 0 unspecified atom stereocenters. The van der Waals surface area contributed by atoms with E-state index in [2.05, 4.69) is 141 Å². The number of pyridine rings is 3. The highest BCUT2D eigenvalue weighted by atomic mass is 15.1. The Kier molecular flexibility index (Phi) is 9.61. The molecule has 0 aliphatic carbocycles. The Balaban J connectivity index is 0.914. The summed E-state index contributed by atoms with van der Waals surface area (Å²) in [6.07, 6.45) is 5.46. The minimum Gasteiger partial charge on any atom is -0.277 e. The number of para-hydroxylation sites is 3. The number of imidazole rings is 3. The molecule has 0 atom stereocenters. The number of fused-ring (bicyclic) bond motifs is 3. The maximum Gasteiger partial charge on any atom is 0.164 e. The van der Waals surface area contributed by atoms with Crippen molar-refractivity contribution in [1.29, 1.82) is 0 Å². The van der Waals surface area contributed by atoms with Crippen molar-refractivity contribution < 1.29 is 0 Å². The number of hydrogen-bond acceptors (Lipinski definition) is 6. The summed E-state index contributed by atoms with van der Waals surface area (Å²) in [5.41, 5.74) is 17.5. The lowest BCUT2D eigenvalue weighted by molar-refractivity contribution is 1.08. The molecule has 69 heavy (non-hydrogen) atoms. The number of aromatic nitrogens is 9. The summed E-state index contributed by atoms with van der Waals surface area (Å²) in [4.78, 5) is 29.4. The van der Waals surface area contributed by atoms with Crippen molar-refractivity contribution in [1.82, 2.24) is 43.6 Å². The summed E-state index contributed by atoms with van der Waals surface area (Å²) in [7, 11) is 0. The van der Waals surface area contributed by atoms with Gasteiger partial charge in [-0.3, -0.25) is 13.7 Å². The molecule has 0 amide bonds. The maximum atomic E-state index is 5.08. The van der Waals surface area contributed by atoms with E-state index in [0.29, 0.717) is 0 Å². The average molecular weight is 886 g/mol. The molecule has 0 saturated carbocycles. The van der Waals surface area contributed by atoms with Crippen molar-refractivity contribution in [3.63, 3.8) is 0 Å². The van der Waals surface area contributed by atoms with Crippen LogP contribution in [0.25, 0.3) is 118 Å². The normalized spacial score (nSPS) is 11.5. The first-order valence-corrected chi connectivity index (χ1v) is 22.8. The van der Waals surface area contributed by atoms with Crippen molar-refractivity contribution in [2.24, 2.45) is 0 Å². The van der Waals surface area contributed by atoms with E-state index in [1.807, 2.05) is 110 Å². The van der Waals surface area contributed by atoms with Gasteiger partial charge >= 0.3 is 0 Å². The summed E-state index contributed by atoms with van der Waals surface area (Å²) in [6, 6.07) is 75.7. The van der Waals surface area contributed by atoms with Gasteiger partial charge in [0.15, 0.2) is 16.9 Å². The Bertz CT molecular complexity index is 3540. The van der Waals surface area contributed by atoms with Crippen LogP contribution in [-0.2, 0) is 0 Å². The molecule has 9 nitrogen and oxygen atoms in total. The van der Waals surface area contributed by atoms with E-state index in [1.54, 1.807) is 0 Å². The molecule has 0 N–H and O–H groups in total. The second kappa shape index (κ2) is 16.7. The van der Waals surface area contributed by atoms with Gasteiger partial charge in [-0.25, -0.2) is 29.9 Å². The van der Waals surface area contributed by atoms with E-state index in [1.165, 1.54) is 0 Å². The average Bonchev–Trinajstić information content (AvgIpc) is 4.14. The van der Waals surface area contributed by atoms with Gasteiger partial charge < -0.3 is 0 Å². The van der Waals surface area contributed by atoms with Crippen LogP contribution in [0.2, 0.25) is 0 Å². The molecule has 324 valence electrons. The summed E-state index contributed by atoms with van der Waals surface area (Å²) >= 11 is 0. The van der Waals surface area contributed by atoms with Crippen molar-refractivity contribution in [2.75, 3.05) is 0 Å². The summed E-state index contributed by atoms with van der Waals surface area (Å²) in [5, 5.41) is 0. The molecule has 7 aromatic carbocycles. The van der Waals surface area contributed by atoms with Crippen LogP contribution in [-0.4, -0.2) is 43.6 Å². The number of rotatable bonds is 9. The van der Waals surface area contributed by atoms with E-state index in [-0.39, 0.29) is 0 Å². The van der Waals surface area contributed by atoms with E-state index in [0.717, 1.165) is 118 Å². The first-order chi connectivity index (χ1) is 34.2. The summed E-state index contributed by atoms with van der Waals surface area (Å²) in [6.45, 7) is 0. The molecular weight excluding hydrogens is 847 g/mol. The number of benzene rings is 7. The molecule has 0 radical (unpaired) electrons. The lowest BCUT2D eigenvalue weighted by Gasteiger charge is -2.14. The predicted molar refractivity (Wildman–Crippen MR) is 276 cm³/mol. The van der Waals surface area contributed by atoms with Gasteiger partial charge in [0.1, 0.15) is 34.0 Å². The molecule has 0 saturated heterocycles. The Hall–Kier alpha value is -9.60. The van der Waals surface area contributed by atoms with Crippen LogP contribution in [0.15, 0.2) is 237 Å². The third-order valence-electron chi connectivity index (χ3n) is 12.7. The predicted octanol–water partition coefficient (Wildman–Crippen LogP) is 13.9. The molecule has 13 rings (SSSR count). The third kappa shape index (κ3) is 7.13. The monoisotopic (exact) mass is 885 g/mol. The smallest absolute Gasteiger partial charge is 0.164 e. The number of hydrogen-bond donors (Lipinski definition) is 0. The minimum absolute atomic E-state index is 0.820. The molecule has 13 aromatic rings. The fraction of sp³-hybridized carbons (Fsp3) is 0. The van der Waals surface area contributed by atoms with Gasteiger partial charge in [-0.15, -0.1) is 0 Å². The lowest BCUT2D eigenvalue weighted by atomic mass is 9.92. The zero-order chi connectivity index (χ0) is 45.7. The molecule has 9 heteroatoms. The van der Waals surface area contributed by atoms with Crippen LogP contribution in [0.3, 0.4) is 0 Å². The van der Waals surface area contributed by atoms with Crippen LogP contribution >= 0.6 is 0 Å². The van der Waals surface area contributed by atoms with Gasteiger partial charge in [0.05, 0.1) is 0 Å². The Morgan fingerprint density at radius 2 is 0.493 bits per heavy atom. The Morgan fingerprint density at radius 1 is 0.232 bits per heavy atom. The molecule has 0 bridgehead atoms. The van der Waals surface area contributed by atoms with Gasteiger partial charge in [-0.1, -0.05) is 127 Å². The quantitative estimate of drug-likeness (QED) is 0.143. The van der Waals surface area contributed by atoms with Gasteiger partial charge in [0.25, 0.3) is 0 Å². The van der Waals surface area contributed by atoms with Crippen molar-refractivity contribution in [3.05, 3.63) is 237 Å². The largest absolute Gasteiger partial charge is 0.277 e. The van der Waals surface area contributed by atoms with E-state index in [4.69, 9.17) is 29.9 Å². The van der Waals surface area contributed by atoms with Crippen LogP contribution in [0.4, 0.5) is 0 Å². The zero-order valence-electron chi connectivity index (χ0n) is 37.0. The van der Waals surface area contributed by atoms with Gasteiger partial charge in [-0.2, -0.15) is 0 Å². The molecule has 0 aliphatic rings. The maximum absolute atomic E-state index is 5.08. The minimum atomic E-state index is 0.820. The molecule has 0 spiro atoms. The van der Waals surface area contributed by atoms with Crippen LogP contribution < -0.4 is 0 Å². The molecule has 6 heterocycles. The van der Waals surface area contributed by atoms with Crippen molar-refractivity contribution >= 4 is 33.5 Å². The van der Waals surface area contributed by atoms with Gasteiger partial charge in [0, 0.05) is 52.3 Å². The summed E-state index contributed by atoms with van der Waals surface area (Å²) < 4.78 is 6.40. The first kappa shape index (κ1) is 39.7. The van der Waals surface area contributed by atoms with E-state index >= 15 is 0 Å². The third-order valence-corrected chi connectivity index (χ3v) is 12.7. The van der Waals surface area contributed by atoms with Gasteiger partial charge in [-0.05, 0) is 124 Å². The van der Waals surface area contributed by atoms with Crippen LogP contribution in [0, 0.1) is 0 Å². The molecule has 0 fully saturated rings. The van der Waals surface area contributed by atoms with Crippen molar-refractivity contribution in [2.45, 2.75) is 0 Å². The SMILES string of the molecule is c1ccc(-n2c(-c3ccc(-c4cc(-c5ccc(-c6nc7cccnc7n6-c6ccccc6)cc5)cc(-c5ccc(-c6nc7cccnc7n6-c6ccccc6)cc5)c4)cc3)nc3cccnc32)cc1. The lowest BCUT2D eigenvalue weighted by Crippen LogP contribution is -1.98. The standard InChI is InChI=1S/C60H39N9/c1-4-13-49(14-5-1)67-55(64-52-19-10-34-61-58(52)67)43-28-22-40(23-29-43)46-37-47(41-24-30-44(31-25-41)56-65-53-20-11-35-62-59(53)68(56)50-15-6-2-7-16-50)39-48(38-46)42-26-32-45(33-27-42)57-66-54-21-12-36-63-60(54)69(57)51-17-8-3-9-18-51/h1-39H. The van der Waals surface area contributed by atoms with Crippen LogP contribution in [0.1, 0.15) is 0 Å². The second-order valence-electron chi connectivity index (χ2n) is 16.9. The number of nitrogens with zero attached hydrogens (tertiary/aromatic N) is 9. The zero-order valence-corrected chi connectivity index (χ0v) is 37.0. The fourth-order valence-electron chi connectivity index (χ4n) is 9.35. The highest BCUT2D eigenvalue weighted by molar-refractivity contribution is 5.86. The molecule has 6 aromatic heterocycles. The highest BCUT2D eigenvalue weighted by Gasteiger charge is 2.19. The molecule has 0 aliphatic heterocycles. The first-order valence-electron chi connectivity index (χ1n) is 22.8. The second-order valence-corrected chi connectivity index (χ2v) is 16.9.